The SMILES string of the molecule is C=CCN(C(=O)C1N([C@@H](CC)CO)C(=O)[C@@H]2[C@@H](C(=O)OCC)[C@@H]3OC12CC3Br)c1cc(C)ccc1C. The molecule has 4 rings (SSSR count). The first-order valence-corrected chi connectivity index (χ1v) is 13.5. The highest BCUT2D eigenvalue weighted by Crippen LogP contribution is 2.60. The van der Waals surface area contributed by atoms with Gasteiger partial charge in [-0.2, -0.15) is 0 Å². The number of hydrogen-bond donors (Lipinski definition) is 1. The summed E-state index contributed by atoms with van der Waals surface area (Å²) in [6.45, 7) is 11.4. The Balaban J connectivity index is 1.86. The van der Waals surface area contributed by atoms with Crippen molar-refractivity contribution in [2.24, 2.45) is 11.8 Å². The van der Waals surface area contributed by atoms with E-state index in [1.807, 2.05) is 39.0 Å². The van der Waals surface area contributed by atoms with Crippen molar-refractivity contribution < 1.29 is 29.0 Å². The highest BCUT2D eigenvalue weighted by molar-refractivity contribution is 9.09. The number of carbonyl (C=O) groups is 3. The lowest BCUT2D eigenvalue weighted by Crippen LogP contribution is -2.59. The molecular weight excluding hydrogens is 528 g/mol. The molecule has 9 heteroatoms. The summed E-state index contributed by atoms with van der Waals surface area (Å²) in [5, 5.41) is 10.2. The van der Waals surface area contributed by atoms with Gasteiger partial charge in [0.1, 0.15) is 11.6 Å². The fraction of sp³-hybridized carbons (Fsp3) is 0.593. The normalized spacial score (nSPS) is 31.3. The number of amides is 2. The molecule has 3 aliphatic rings. The first kappa shape index (κ1) is 26.8. The number of ether oxygens (including phenoxy) is 2. The Labute approximate surface area is 220 Å². The number of likely N-dealkylation sites (tertiary alicyclic amines) is 1. The third kappa shape index (κ3) is 4.00. The average molecular weight is 563 g/mol. The van der Waals surface area contributed by atoms with Crippen LogP contribution in [0.15, 0.2) is 30.9 Å². The first-order valence-electron chi connectivity index (χ1n) is 12.6. The summed E-state index contributed by atoms with van der Waals surface area (Å²) >= 11 is 3.65. The number of halogens is 1. The highest BCUT2D eigenvalue weighted by atomic mass is 79.9. The van der Waals surface area contributed by atoms with Crippen molar-refractivity contribution in [3.63, 3.8) is 0 Å². The molecule has 7 atom stereocenters. The van der Waals surface area contributed by atoms with Crippen LogP contribution in [0.25, 0.3) is 0 Å². The number of nitrogens with zero attached hydrogens (tertiary/aromatic N) is 2. The van der Waals surface area contributed by atoms with Crippen LogP contribution in [-0.2, 0) is 23.9 Å². The maximum atomic E-state index is 14.5. The van der Waals surface area contributed by atoms with Crippen LogP contribution in [0.3, 0.4) is 0 Å². The van der Waals surface area contributed by atoms with Crippen molar-refractivity contribution in [1.29, 1.82) is 0 Å². The quantitative estimate of drug-likeness (QED) is 0.282. The molecule has 2 bridgehead atoms. The number of anilines is 1. The minimum Gasteiger partial charge on any atom is -0.466 e. The Kier molecular flexibility index (Phi) is 7.65. The van der Waals surface area contributed by atoms with Gasteiger partial charge in [0.25, 0.3) is 5.91 Å². The lowest BCUT2D eigenvalue weighted by atomic mass is 9.70. The van der Waals surface area contributed by atoms with Gasteiger partial charge in [-0.05, 0) is 50.8 Å². The van der Waals surface area contributed by atoms with E-state index in [9.17, 15) is 19.5 Å². The zero-order valence-electron chi connectivity index (χ0n) is 21.3. The summed E-state index contributed by atoms with van der Waals surface area (Å²) in [6, 6.07) is 4.29. The Hall–Kier alpha value is -2.23. The molecule has 3 heterocycles. The number of aliphatic hydroxyl groups is 1. The van der Waals surface area contributed by atoms with Gasteiger partial charge in [0.15, 0.2) is 0 Å². The fourth-order valence-corrected chi connectivity index (χ4v) is 7.20. The number of aliphatic hydroxyl groups excluding tert-OH is 1. The van der Waals surface area contributed by atoms with Crippen LogP contribution in [0.1, 0.15) is 37.8 Å². The van der Waals surface area contributed by atoms with E-state index in [-0.39, 0.29) is 36.4 Å². The maximum Gasteiger partial charge on any atom is 0.312 e. The van der Waals surface area contributed by atoms with Crippen molar-refractivity contribution in [2.45, 2.75) is 69.2 Å². The zero-order chi connectivity index (χ0) is 26.4. The molecular formula is C27H35BrN2O6. The van der Waals surface area contributed by atoms with E-state index < -0.39 is 41.6 Å². The molecule has 3 aliphatic heterocycles. The lowest BCUT2D eigenvalue weighted by molar-refractivity contribution is -0.155. The minimum absolute atomic E-state index is 0.183. The molecule has 0 saturated carbocycles. The summed E-state index contributed by atoms with van der Waals surface area (Å²) in [5.41, 5.74) is 1.43. The summed E-state index contributed by atoms with van der Waals surface area (Å²) in [6.07, 6.45) is 1.93. The maximum absolute atomic E-state index is 14.5. The van der Waals surface area contributed by atoms with Gasteiger partial charge in [0.05, 0.1) is 37.2 Å². The predicted molar refractivity (Wildman–Crippen MR) is 139 cm³/mol. The molecule has 196 valence electrons. The van der Waals surface area contributed by atoms with Gasteiger partial charge in [-0.15, -0.1) is 6.58 Å². The number of benzene rings is 1. The van der Waals surface area contributed by atoms with E-state index >= 15 is 0 Å². The van der Waals surface area contributed by atoms with Crippen LogP contribution in [0.2, 0.25) is 0 Å². The number of aryl methyl sites for hydroxylation is 2. The minimum atomic E-state index is -1.20. The summed E-state index contributed by atoms with van der Waals surface area (Å²) in [7, 11) is 0. The van der Waals surface area contributed by atoms with E-state index in [0.717, 1.165) is 16.8 Å². The molecule has 36 heavy (non-hydrogen) atoms. The Morgan fingerprint density at radius 1 is 1.39 bits per heavy atom. The van der Waals surface area contributed by atoms with Gasteiger partial charge in [0, 0.05) is 17.1 Å². The summed E-state index contributed by atoms with van der Waals surface area (Å²) in [4.78, 5) is 44.5. The topological polar surface area (TPSA) is 96.4 Å². The largest absolute Gasteiger partial charge is 0.466 e. The van der Waals surface area contributed by atoms with E-state index in [2.05, 4.69) is 22.5 Å². The Morgan fingerprint density at radius 3 is 2.72 bits per heavy atom. The molecule has 1 N–H and O–H groups in total. The van der Waals surface area contributed by atoms with Crippen molar-refractivity contribution >= 4 is 39.4 Å². The number of rotatable bonds is 9. The third-order valence-corrected chi connectivity index (χ3v) is 8.67. The predicted octanol–water partition coefficient (Wildman–Crippen LogP) is 2.90. The van der Waals surface area contributed by atoms with Gasteiger partial charge < -0.3 is 24.4 Å². The average Bonchev–Trinajstić information content (AvgIpc) is 3.44. The van der Waals surface area contributed by atoms with Crippen molar-refractivity contribution in [2.75, 3.05) is 24.7 Å². The molecule has 0 radical (unpaired) electrons. The van der Waals surface area contributed by atoms with E-state index in [0.29, 0.717) is 12.8 Å². The van der Waals surface area contributed by atoms with Crippen LogP contribution in [0, 0.1) is 25.7 Å². The van der Waals surface area contributed by atoms with E-state index in [1.165, 1.54) is 4.90 Å². The lowest BCUT2D eigenvalue weighted by Gasteiger charge is -2.39. The molecule has 3 fully saturated rings. The Morgan fingerprint density at radius 2 is 2.11 bits per heavy atom. The van der Waals surface area contributed by atoms with Gasteiger partial charge in [-0.3, -0.25) is 14.4 Å². The second-order valence-corrected chi connectivity index (χ2v) is 11.1. The van der Waals surface area contributed by atoms with Gasteiger partial charge in [-0.25, -0.2) is 0 Å². The number of carbonyl (C=O) groups excluding carboxylic acids is 3. The molecule has 1 aromatic rings. The van der Waals surface area contributed by atoms with Gasteiger partial charge in [-0.1, -0.05) is 41.1 Å². The molecule has 1 spiro atoms. The summed E-state index contributed by atoms with van der Waals surface area (Å²) < 4.78 is 11.8. The molecule has 0 aromatic heterocycles. The van der Waals surface area contributed by atoms with Crippen molar-refractivity contribution in [3.8, 4) is 0 Å². The van der Waals surface area contributed by atoms with Crippen molar-refractivity contribution in [1.82, 2.24) is 4.90 Å². The molecule has 1 aromatic carbocycles. The van der Waals surface area contributed by atoms with Gasteiger partial charge in [0.2, 0.25) is 5.91 Å². The Bertz CT molecular complexity index is 1060. The molecule has 3 saturated heterocycles. The molecule has 0 aliphatic carbocycles. The van der Waals surface area contributed by atoms with Crippen LogP contribution < -0.4 is 4.90 Å². The van der Waals surface area contributed by atoms with Crippen LogP contribution >= 0.6 is 15.9 Å². The van der Waals surface area contributed by atoms with Crippen LogP contribution in [0.4, 0.5) is 5.69 Å². The van der Waals surface area contributed by atoms with Crippen LogP contribution in [-0.4, -0.2) is 76.2 Å². The first-order chi connectivity index (χ1) is 17.2. The molecule has 8 nitrogen and oxygen atoms in total. The van der Waals surface area contributed by atoms with E-state index in [4.69, 9.17) is 9.47 Å². The number of esters is 1. The van der Waals surface area contributed by atoms with E-state index in [1.54, 1.807) is 17.9 Å². The van der Waals surface area contributed by atoms with Crippen molar-refractivity contribution in [3.05, 3.63) is 42.0 Å². The zero-order valence-corrected chi connectivity index (χ0v) is 22.9. The fourth-order valence-electron chi connectivity index (χ4n) is 6.26. The second-order valence-electron chi connectivity index (χ2n) is 9.93. The number of hydrogen-bond acceptors (Lipinski definition) is 6. The smallest absolute Gasteiger partial charge is 0.312 e. The highest BCUT2D eigenvalue weighted by Gasteiger charge is 2.77. The standard InChI is InChI=1S/C27H35BrN2O6/c1-6-11-29(19-12-15(4)9-10-16(19)5)25(33)23-27-13-18(28)22(36-27)20(26(34)35-8-3)21(27)24(32)30(23)17(7-2)14-31/h6,9-10,12,17-18,20-23,31H,1,7-8,11,13-14H2,2-5H3/t17-,18?,20+,21-,22+,23?,27?/m0/s1. The number of fused-ring (bicyclic) bond motifs is 1. The molecule has 2 amide bonds. The molecule has 3 unspecified atom stereocenters. The van der Waals surface area contributed by atoms with Gasteiger partial charge >= 0.3 is 5.97 Å². The third-order valence-electron chi connectivity index (χ3n) is 7.83. The summed E-state index contributed by atoms with van der Waals surface area (Å²) in [5.74, 6) is -2.81. The monoisotopic (exact) mass is 562 g/mol. The number of alkyl halides is 1. The second kappa shape index (κ2) is 10.3. The van der Waals surface area contributed by atoms with Crippen LogP contribution in [0.5, 0.6) is 0 Å².